The van der Waals surface area contributed by atoms with Crippen molar-refractivity contribution in [3.05, 3.63) is 53.6 Å². The molecule has 0 aromatic heterocycles. The van der Waals surface area contributed by atoms with Gasteiger partial charge >= 0.3 is 0 Å². The molecule has 1 saturated heterocycles. The van der Waals surface area contributed by atoms with Gasteiger partial charge in [0, 0.05) is 11.8 Å². The van der Waals surface area contributed by atoms with E-state index in [0.29, 0.717) is 11.4 Å². The smallest absolute Gasteiger partial charge is 0.256 e. The number of rotatable bonds is 4. The molecule has 0 saturated carbocycles. The molecule has 5 nitrogen and oxygen atoms in total. The first-order chi connectivity index (χ1) is 11.5. The molecule has 2 aromatic rings. The normalized spacial score (nSPS) is 17.3. The van der Waals surface area contributed by atoms with Crippen LogP contribution in [0.2, 0.25) is 0 Å². The number of anilines is 2. The molecule has 0 bridgehead atoms. The topological polar surface area (TPSA) is 58.6 Å². The Balaban J connectivity index is 1.85. The lowest BCUT2D eigenvalue weighted by Gasteiger charge is -2.17. The molecule has 1 fully saturated rings. The molecule has 0 aliphatic carbocycles. The van der Waals surface area contributed by atoms with E-state index in [1.54, 1.807) is 31.4 Å². The number of carbonyl (C=O) groups is 2. The lowest BCUT2D eigenvalue weighted by Crippen LogP contribution is -2.34. The van der Waals surface area contributed by atoms with Crippen LogP contribution in [0, 0.1) is 13.8 Å². The van der Waals surface area contributed by atoms with Crippen LogP contribution < -0.4 is 15.0 Å². The fourth-order valence-corrected chi connectivity index (χ4v) is 2.84. The van der Waals surface area contributed by atoms with E-state index in [4.69, 9.17) is 4.74 Å². The fourth-order valence-electron chi connectivity index (χ4n) is 2.84. The molecule has 24 heavy (non-hydrogen) atoms. The van der Waals surface area contributed by atoms with Crippen molar-refractivity contribution in [1.82, 2.24) is 0 Å². The highest BCUT2D eigenvalue weighted by Crippen LogP contribution is 2.28. The van der Waals surface area contributed by atoms with E-state index in [0.717, 1.165) is 16.8 Å². The summed E-state index contributed by atoms with van der Waals surface area (Å²) in [5.74, 6) is 0.157. The van der Waals surface area contributed by atoms with Crippen LogP contribution in [0.1, 0.15) is 17.5 Å². The van der Waals surface area contributed by atoms with Gasteiger partial charge in [-0.25, -0.2) is 4.90 Å². The van der Waals surface area contributed by atoms with Gasteiger partial charge in [0.2, 0.25) is 5.91 Å². The monoisotopic (exact) mass is 324 g/mol. The summed E-state index contributed by atoms with van der Waals surface area (Å²) in [6.45, 7) is 3.97. The maximum atomic E-state index is 12.7. The molecule has 1 N–H and O–H groups in total. The van der Waals surface area contributed by atoms with Crippen LogP contribution in [-0.2, 0) is 9.59 Å². The van der Waals surface area contributed by atoms with E-state index in [1.165, 1.54) is 4.90 Å². The Labute approximate surface area is 141 Å². The number of nitrogens with one attached hydrogen (secondary N) is 1. The van der Waals surface area contributed by atoms with Crippen molar-refractivity contribution in [1.29, 1.82) is 0 Å². The Kier molecular flexibility index (Phi) is 4.25. The molecule has 0 unspecified atom stereocenters. The van der Waals surface area contributed by atoms with Crippen LogP contribution >= 0.6 is 0 Å². The lowest BCUT2D eigenvalue weighted by atomic mass is 10.1. The molecule has 1 atom stereocenters. The zero-order chi connectivity index (χ0) is 17.3. The summed E-state index contributed by atoms with van der Waals surface area (Å²) in [6.07, 6.45) is 0.142. The predicted octanol–water partition coefficient (Wildman–Crippen LogP) is 3.06. The second-order valence-corrected chi connectivity index (χ2v) is 5.99. The fraction of sp³-hybridized carbons (Fsp3) is 0.263. The van der Waals surface area contributed by atoms with Crippen molar-refractivity contribution in [3.63, 3.8) is 0 Å². The van der Waals surface area contributed by atoms with Crippen LogP contribution in [0.4, 0.5) is 11.4 Å². The van der Waals surface area contributed by atoms with Gasteiger partial charge in [0.1, 0.15) is 11.8 Å². The van der Waals surface area contributed by atoms with Gasteiger partial charge in [-0.2, -0.15) is 0 Å². The van der Waals surface area contributed by atoms with Crippen LogP contribution in [0.25, 0.3) is 0 Å². The molecule has 3 rings (SSSR count). The minimum Gasteiger partial charge on any atom is -0.497 e. The van der Waals surface area contributed by atoms with E-state index >= 15 is 0 Å². The molecule has 0 spiro atoms. The summed E-state index contributed by atoms with van der Waals surface area (Å²) in [7, 11) is 1.55. The van der Waals surface area contributed by atoms with Gasteiger partial charge in [-0.05, 0) is 43.2 Å². The summed E-state index contributed by atoms with van der Waals surface area (Å²) >= 11 is 0. The molecule has 2 amide bonds. The summed E-state index contributed by atoms with van der Waals surface area (Å²) in [6, 6.07) is 12.4. The van der Waals surface area contributed by atoms with Gasteiger partial charge < -0.3 is 10.1 Å². The molecule has 1 aliphatic rings. The molecule has 124 valence electrons. The van der Waals surface area contributed by atoms with E-state index in [2.05, 4.69) is 5.32 Å². The number of aryl methyl sites for hydroxylation is 2. The number of methoxy groups -OCH3 is 1. The van der Waals surface area contributed by atoms with Crippen LogP contribution in [0.15, 0.2) is 42.5 Å². The maximum absolute atomic E-state index is 12.7. The summed E-state index contributed by atoms with van der Waals surface area (Å²) in [4.78, 5) is 26.3. The van der Waals surface area contributed by atoms with E-state index in [9.17, 15) is 9.59 Å². The highest BCUT2D eigenvalue weighted by molar-refractivity contribution is 6.23. The van der Waals surface area contributed by atoms with Crippen molar-refractivity contribution in [3.8, 4) is 5.75 Å². The van der Waals surface area contributed by atoms with Crippen molar-refractivity contribution in [2.45, 2.75) is 26.3 Å². The number of carbonyl (C=O) groups excluding carboxylic acids is 2. The van der Waals surface area contributed by atoms with Crippen LogP contribution in [-0.4, -0.2) is 25.0 Å². The van der Waals surface area contributed by atoms with Gasteiger partial charge in [0.15, 0.2) is 0 Å². The highest BCUT2D eigenvalue weighted by atomic mass is 16.5. The first kappa shape index (κ1) is 16.1. The molecule has 0 radical (unpaired) electrons. The third-order valence-corrected chi connectivity index (χ3v) is 4.18. The third-order valence-electron chi connectivity index (χ3n) is 4.18. The molecular formula is C19H20N2O3. The molecule has 1 heterocycles. The first-order valence-corrected chi connectivity index (χ1v) is 7.84. The molecule has 1 aliphatic heterocycles. The number of hydrogen-bond donors (Lipinski definition) is 1. The van der Waals surface area contributed by atoms with Gasteiger partial charge in [0.05, 0.1) is 19.2 Å². The van der Waals surface area contributed by atoms with Crippen LogP contribution in [0.3, 0.4) is 0 Å². The second kappa shape index (κ2) is 6.35. The Bertz CT molecular complexity index is 801. The number of benzene rings is 2. The van der Waals surface area contributed by atoms with Crippen molar-refractivity contribution >= 4 is 23.2 Å². The Morgan fingerprint density at radius 1 is 1.12 bits per heavy atom. The average Bonchev–Trinajstić information content (AvgIpc) is 2.85. The van der Waals surface area contributed by atoms with Gasteiger partial charge in [0.25, 0.3) is 5.91 Å². The van der Waals surface area contributed by atoms with Gasteiger partial charge in [-0.15, -0.1) is 0 Å². The highest BCUT2D eigenvalue weighted by Gasteiger charge is 2.39. The Morgan fingerprint density at radius 3 is 2.67 bits per heavy atom. The standard InChI is InChI=1S/C19H20N2O3/c1-12-7-8-13(2)16(9-12)20-17-11-18(22)21(19(17)23)14-5-4-6-15(10-14)24-3/h4-10,17,20H,11H2,1-3H3/t17-/m0/s1. The molecule has 2 aromatic carbocycles. The van der Waals surface area contributed by atoms with Crippen LogP contribution in [0.5, 0.6) is 5.75 Å². The SMILES string of the molecule is COc1cccc(N2C(=O)C[C@H](Nc3cc(C)ccc3C)C2=O)c1. The minimum atomic E-state index is -0.552. The number of ether oxygens (including phenoxy) is 1. The van der Waals surface area contributed by atoms with Crippen molar-refractivity contribution in [2.24, 2.45) is 0 Å². The molecular weight excluding hydrogens is 304 g/mol. The van der Waals surface area contributed by atoms with E-state index in [1.807, 2.05) is 32.0 Å². The van der Waals surface area contributed by atoms with Gasteiger partial charge in [-0.3, -0.25) is 9.59 Å². The number of nitrogens with zero attached hydrogens (tertiary/aromatic N) is 1. The third kappa shape index (κ3) is 2.97. The maximum Gasteiger partial charge on any atom is 0.256 e. The largest absolute Gasteiger partial charge is 0.497 e. The molecule has 5 heteroatoms. The quantitative estimate of drug-likeness (QED) is 0.878. The Hall–Kier alpha value is -2.82. The number of hydrogen-bond acceptors (Lipinski definition) is 4. The zero-order valence-corrected chi connectivity index (χ0v) is 14.0. The lowest BCUT2D eigenvalue weighted by molar-refractivity contribution is -0.121. The summed E-state index contributed by atoms with van der Waals surface area (Å²) in [5, 5.41) is 3.22. The second-order valence-electron chi connectivity index (χ2n) is 5.99. The predicted molar refractivity (Wildman–Crippen MR) is 93.4 cm³/mol. The summed E-state index contributed by atoms with van der Waals surface area (Å²) < 4.78 is 5.17. The zero-order valence-electron chi connectivity index (χ0n) is 14.0. The average molecular weight is 324 g/mol. The van der Waals surface area contributed by atoms with E-state index < -0.39 is 6.04 Å². The summed E-state index contributed by atoms with van der Waals surface area (Å²) in [5.41, 5.74) is 3.56. The minimum absolute atomic E-state index is 0.142. The van der Waals surface area contributed by atoms with Gasteiger partial charge in [-0.1, -0.05) is 18.2 Å². The van der Waals surface area contributed by atoms with Crippen molar-refractivity contribution < 1.29 is 14.3 Å². The first-order valence-electron chi connectivity index (χ1n) is 7.84. The number of amides is 2. The Morgan fingerprint density at radius 2 is 1.92 bits per heavy atom. The van der Waals surface area contributed by atoms with Crippen molar-refractivity contribution in [2.75, 3.05) is 17.3 Å². The number of imide groups is 1. The van der Waals surface area contributed by atoms with E-state index in [-0.39, 0.29) is 18.2 Å².